The van der Waals surface area contributed by atoms with Gasteiger partial charge >= 0.3 is 0 Å². The Morgan fingerprint density at radius 3 is 2.57 bits per heavy atom. The molecule has 124 valence electrons. The van der Waals surface area contributed by atoms with Crippen LogP contribution >= 0.6 is 0 Å². The predicted octanol–water partition coefficient (Wildman–Crippen LogP) is 2.48. The number of likely N-dealkylation sites (N-methyl/N-ethyl adjacent to an activating group) is 1. The zero-order valence-corrected chi connectivity index (χ0v) is 13.8. The van der Waals surface area contributed by atoms with Crippen LogP contribution in [0, 0.1) is 5.92 Å². The van der Waals surface area contributed by atoms with E-state index in [4.69, 9.17) is 4.84 Å². The lowest BCUT2D eigenvalue weighted by Crippen LogP contribution is -2.49. The molecule has 23 heavy (non-hydrogen) atoms. The van der Waals surface area contributed by atoms with Gasteiger partial charge in [0.05, 0.1) is 7.11 Å². The zero-order valence-electron chi connectivity index (χ0n) is 13.8. The van der Waals surface area contributed by atoms with E-state index < -0.39 is 6.04 Å². The molecule has 3 rings (SSSR count). The maximum absolute atomic E-state index is 13.0. The average Bonchev–Trinajstić information content (AvgIpc) is 2.99. The van der Waals surface area contributed by atoms with Gasteiger partial charge in [-0.15, -0.1) is 0 Å². The molecule has 1 aromatic rings. The summed E-state index contributed by atoms with van der Waals surface area (Å²) in [7, 11) is 3.08. The van der Waals surface area contributed by atoms with E-state index in [2.05, 4.69) is 0 Å². The molecule has 5 heteroatoms. The molecule has 1 aliphatic heterocycles. The van der Waals surface area contributed by atoms with E-state index in [0.717, 1.165) is 25.7 Å². The first kappa shape index (κ1) is 16.0. The number of rotatable bonds is 3. The minimum atomic E-state index is -0.416. The van der Waals surface area contributed by atoms with Crippen molar-refractivity contribution in [3.05, 3.63) is 35.9 Å². The molecule has 2 amide bonds. The number of nitrogens with zero attached hydrogens (tertiary/aromatic N) is 2. The molecule has 0 spiro atoms. The van der Waals surface area contributed by atoms with Gasteiger partial charge in [-0.25, -0.2) is 5.06 Å². The van der Waals surface area contributed by atoms with Crippen LogP contribution in [0.5, 0.6) is 0 Å². The Morgan fingerprint density at radius 1 is 1.17 bits per heavy atom. The quantitative estimate of drug-likeness (QED) is 0.805. The van der Waals surface area contributed by atoms with Crippen LogP contribution in [0.2, 0.25) is 0 Å². The highest BCUT2D eigenvalue weighted by Gasteiger charge is 2.48. The van der Waals surface area contributed by atoms with Crippen LogP contribution in [0.25, 0.3) is 0 Å². The van der Waals surface area contributed by atoms with Crippen LogP contribution in [0.1, 0.15) is 42.5 Å². The Labute approximate surface area is 137 Å². The van der Waals surface area contributed by atoms with Crippen LogP contribution in [0.15, 0.2) is 30.3 Å². The molecule has 2 fully saturated rings. The Kier molecular flexibility index (Phi) is 4.66. The van der Waals surface area contributed by atoms with Gasteiger partial charge < -0.3 is 4.90 Å². The van der Waals surface area contributed by atoms with Crippen molar-refractivity contribution in [1.82, 2.24) is 9.96 Å². The zero-order chi connectivity index (χ0) is 16.4. The summed E-state index contributed by atoms with van der Waals surface area (Å²) in [5.74, 6) is 0.254. The summed E-state index contributed by atoms with van der Waals surface area (Å²) in [4.78, 5) is 32.6. The molecular weight excluding hydrogens is 292 g/mol. The monoisotopic (exact) mass is 316 g/mol. The average molecular weight is 316 g/mol. The summed E-state index contributed by atoms with van der Waals surface area (Å²) in [6, 6.07) is 9.02. The van der Waals surface area contributed by atoms with E-state index in [0.29, 0.717) is 11.5 Å². The lowest BCUT2D eigenvalue weighted by atomic mass is 9.84. The summed E-state index contributed by atoms with van der Waals surface area (Å²) in [6.45, 7) is 0. The Hall–Kier alpha value is -1.88. The van der Waals surface area contributed by atoms with Crippen molar-refractivity contribution < 1.29 is 14.4 Å². The topological polar surface area (TPSA) is 49.9 Å². The van der Waals surface area contributed by atoms with E-state index >= 15 is 0 Å². The molecule has 3 atom stereocenters. The fraction of sp³-hybridized carbons (Fsp3) is 0.556. The number of hydroxylamine groups is 2. The lowest BCUT2D eigenvalue weighted by molar-refractivity contribution is -0.173. The van der Waals surface area contributed by atoms with Gasteiger partial charge in [0.2, 0.25) is 0 Å². The number of benzene rings is 1. The molecule has 1 saturated carbocycles. The van der Waals surface area contributed by atoms with Gasteiger partial charge in [-0.1, -0.05) is 31.0 Å². The summed E-state index contributed by atoms with van der Waals surface area (Å²) in [5, 5.41) is 1.24. The van der Waals surface area contributed by atoms with Crippen molar-refractivity contribution in [1.29, 1.82) is 0 Å². The molecule has 1 heterocycles. The van der Waals surface area contributed by atoms with E-state index in [1.165, 1.54) is 18.6 Å². The number of hydrogen-bond donors (Lipinski definition) is 0. The van der Waals surface area contributed by atoms with Gasteiger partial charge in [0, 0.05) is 18.7 Å². The van der Waals surface area contributed by atoms with Crippen molar-refractivity contribution in [3.63, 3.8) is 0 Å². The fourth-order valence-electron chi connectivity index (χ4n) is 4.00. The molecule has 0 N–H and O–H groups in total. The second-order valence-corrected chi connectivity index (χ2v) is 6.46. The molecule has 2 aliphatic rings. The first-order chi connectivity index (χ1) is 11.1. The highest BCUT2D eigenvalue weighted by molar-refractivity contribution is 5.98. The Morgan fingerprint density at radius 2 is 1.87 bits per heavy atom. The molecule has 1 aromatic carbocycles. The lowest BCUT2D eigenvalue weighted by Gasteiger charge is -2.34. The van der Waals surface area contributed by atoms with Gasteiger partial charge in [-0.3, -0.25) is 14.4 Å². The van der Waals surface area contributed by atoms with Crippen molar-refractivity contribution in [3.8, 4) is 0 Å². The van der Waals surface area contributed by atoms with Gasteiger partial charge in [0.25, 0.3) is 11.8 Å². The second kappa shape index (κ2) is 6.71. The largest absolute Gasteiger partial charge is 0.323 e. The number of fused-ring (bicyclic) bond motifs is 1. The molecule has 0 bridgehead atoms. The van der Waals surface area contributed by atoms with E-state index in [1.54, 1.807) is 7.05 Å². The maximum Gasteiger partial charge on any atom is 0.268 e. The van der Waals surface area contributed by atoms with Crippen LogP contribution in [0.3, 0.4) is 0 Å². The smallest absolute Gasteiger partial charge is 0.268 e. The van der Waals surface area contributed by atoms with Crippen LogP contribution < -0.4 is 0 Å². The Balaban J connectivity index is 1.91. The summed E-state index contributed by atoms with van der Waals surface area (Å²) < 4.78 is 0. The predicted molar refractivity (Wildman–Crippen MR) is 86.5 cm³/mol. The first-order valence-electron chi connectivity index (χ1n) is 8.33. The third-order valence-electron chi connectivity index (χ3n) is 5.21. The van der Waals surface area contributed by atoms with Crippen molar-refractivity contribution in [2.24, 2.45) is 5.92 Å². The number of hydrogen-bond acceptors (Lipinski definition) is 3. The molecule has 1 aliphatic carbocycles. The van der Waals surface area contributed by atoms with Gasteiger partial charge in [0.1, 0.15) is 6.04 Å². The number of amides is 2. The van der Waals surface area contributed by atoms with Crippen LogP contribution in [-0.4, -0.2) is 48.0 Å². The number of carbonyl (C=O) groups excluding carboxylic acids is 2. The minimum Gasteiger partial charge on any atom is -0.323 e. The van der Waals surface area contributed by atoms with Crippen LogP contribution in [0.4, 0.5) is 0 Å². The maximum atomic E-state index is 13.0. The van der Waals surface area contributed by atoms with E-state index in [-0.39, 0.29) is 17.9 Å². The van der Waals surface area contributed by atoms with Crippen molar-refractivity contribution in [2.45, 2.75) is 44.2 Å². The molecule has 1 saturated heterocycles. The minimum absolute atomic E-state index is 0.0390. The normalized spacial score (nSPS) is 26.7. The first-order valence-corrected chi connectivity index (χ1v) is 8.33. The van der Waals surface area contributed by atoms with Crippen molar-refractivity contribution in [2.75, 3.05) is 14.2 Å². The molecule has 0 unspecified atom stereocenters. The highest BCUT2D eigenvalue weighted by Crippen LogP contribution is 2.40. The third kappa shape index (κ3) is 2.98. The van der Waals surface area contributed by atoms with Crippen molar-refractivity contribution >= 4 is 11.8 Å². The summed E-state index contributed by atoms with van der Waals surface area (Å²) in [5.41, 5.74) is 0.650. The number of carbonyl (C=O) groups is 2. The molecule has 0 aromatic heterocycles. The van der Waals surface area contributed by atoms with Gasteiger partial charge in [0.15, 0.2) is 0 Å². The summed E-state index contributed by atoms with van der Waals surface area (Å²) in [6.07, 6.45) is 5.15. The molecule has 0 radical (unpaired) electrons. The Bertz CT molecular complexity index is 575. The van der Waals surface area contributed by atoms with E-state index in [1.807, 2.05) is 35.2 Å². The number of likely N-dealkylation sites (tertiary alicyclic amines) is 1. The highest BCUT2D eigenvalue weighted by atomic mass is 16.7. The second-order valence-electron chi connectivity index (χ2n) is 6.46. The van der Waals surface area contributed by atoms with Crippen LogP contribution in [-0.2, 0) is 9.63 Å². The SMILES string of the molecule is CON(C)C(=O)[C@@H]1C[C@@H]2CCCC[C@@H]2N1C(=O)c1ccccc1. The molecular formula is C18H24N2O3. The van der Waals surface area contributed by atoms with Gasteiger partial charge in [-0.2, -0.15) is 0 Å². The van der Waals surface area contributed by atoms with Gasteiger partial charge in [-0.05, 0) is 37.3 Å². The fourth-order valence-corrected chi connectivity index (χ4v) is 4.00. The van der Waals surface area contributed by atoms with E-state index in [9.17, 15) is 9.59 Å². The molecule has 5 nitrogen and oxygen atoms in total. The standard InChI is InChI=1S/C18H24N2O3/c1-19(23-2)18(22)16-12-14-10-6-7-11-15(14)20(16)17(21)13-8-4-3-5-9-13/h3-5,8-9,14-16H,6-7,10-12H2,1-2H3/t14-,15-,16-/m0/s1. The third-order valence-corrected chi connectivity index (χ3v) is 5.21. The summed E-state index contributed by atoms with van der Waals surface area (Å²) >= 11 is 0.